The minimum atomic E-state index is 1.09. The summed E-state index contributed by atoms with van der Waals surface area (Å²) in [5, 5.41) is 0. The fourth-order valence-electron chi connectivity index (χ4n) is 8.90. The third kappa shape index (κ3) is 8.38. The largest absolute Gasteiger partial charge is 0.311 e. The van der Waals surface area contributed by atoms with Crippen LogP contribution in [0.1, 0.15) is 11.1 Å². The Morgan fingerprint density at radius 1 is 0.222 bits per heavy atom. The van der Waals surface area contributed by atoms with Gasteiger partial charge in [-0.1, -0.05) is 211 Å². The molecule has 0 radical (unpaired) electrons. The van der Waals surface area contributed by atoms with Crippen molar-refractivity contribution in [3.8, 4) is 77.9 Å². The quantitative estimate of drug-likeness (QED) is 0.133. The molecule has 10 aromatic carbocycles. The zero-order chi connectivity index (χ0) is 42.5. The van der Waals surface area contributed by atoms with Crippen molar-refractivity contribution in [2.45, 2.75) is 13.8 Å². The molecule has 1 nitrogen and oxygen atoms in total. The molecule has 0 fully saturated rings. The van der Waals surface area contributed by atoms with Crippen LogP contribution in [0.3, 0.4) is 0 Å². The molecule has 0 unspecified atom stereocenters. The first-order chi connectivity index (χ1) is 31.0. The van der Waals surface area contributed by atoms with Crippen LogP contribution >= 0.6 is 0 Å². The number of hydrogen-bond acceptors (Lipinski definition) is 1. The van der Waals surface area contributed by atoms with Crippen molar-refractivity contribution in [3.05, 3.63) is 260 Å². The van der Waals surface area contributed by atoms with Crippen molar-refractivity contribution >= 4 is 17.1 Å². The Balaban J connectivity index is 1.08. The molecule has 10 rings (SSSR count). The predicted molar refractivity (Wildman–Crippen MR) is 269 cm³/mol. The first-order valence-corrected chi connectivity index (χ1v) is 21.7. The lowest BCUT2D eigenvalue weighted by molar-refractivity contribution is 1.28. The van der Waals surface area contributed by atoms with E-state index in [1.165, 1.54) is 83.5 Å². The van der Waals surface area contributed by atoms with Gasteiger partial charge in [-0.05, 0) is 140 Å². The molecule has 1 heteroatoms. The second kappa shape index (κ2) is 17.5. The van der Waals surface area contributed by atoms with Crippen LogP contribution in [0.15, 0.2) is 249 Å². The van der Waals surface area contributed by atoms with Gasteiger partial charge >= 0.3 is 0 Å². The summed E-state index contributed by atoms with van der Waals surface area (Å²) in [4.78, 5) is 2.35. The molecule has 0 saturated heterocycles. The Labute approximate surface area is 371 Å². The summed E-state index contributed by atoms with van der Waals surface area (Å²) in [6.45, 7) is 4.34. The van der Waals surface area contributed by atoms with Gasteiger partial charge < -0.3 is 4.90 Å². The van der Waals surface area contributed by atoms with Crippen LogP contribution in [0.25, 0.3) is 77.9 Å². The first kappa shape index (κ1) is 39.2. The van der Waals surface area contributed by atoms with Gasteiger partial charge in [-0.25, -0.2) is 0 Å². The second-order valence-corrected chi connectivity index (χ2v) is 16.3. The first-order valence-electron chi connectivity index (χ1n) is 21.7. The highest BCUT2D eigenvalue weighted by Crippen LogP contribution is 2.45. The van der Waals surface area contributed by atoms with Crippen molar-refractivity contribution in [2.75, 3.05) is 4.90 Å². The van der Waals surface area contributed by atoms with Gasteiger partial charge in [0, 0.05) is 17.1 Å². The highest BCUT2D eigenvalue weighted by Gasteiger charge is 2.19. The van der Waals surface area contributed by atoms with Crippen LogP contribution in [0.2, 0.25) is 0 Å². The Bertz CT molecular complexity index is 3000. The Hall–Kier alpha value is -8.00. The van der Waals surface area contributed by atoms with Gasteiger partial charge in [-0.2, -0.15) is 0 Å². The van der Waals surface area contributed by atoms with E-state index in [9.17, 15) is 0 Å². The number of nitrogens with zero attached hydrogens (tertiary/aromatic N) is 1. The molecule has 0 aliphatic heterocycles. The average Bonchev–Trinajstić information content (AvgIpc) is 3.35. The molecule has 0 N–H and O–H groups in total. The number of anilines is 3. The molecule has 0 heterocycles. The van der Waals surface area contributed by atoms with E-state index in [0.717, 1.165) is 22.6 Å². The number of benzene rings is 10. The van der Waals surface area contributed by atoms with E-state index in [0.29, 0.717) is 0 Å². The fourth-order valence-corrected chi connectivity index (χ4v) is 8.90. The fraction of sp³-hybridized carbons (Fsp3) is 0.0323. The standard InChI is InChI=1S/C62H47N/c1-44-39-45(2)41-55(40-44)50-23-25-53(26-24-50)61-43-56(42-60(52-19-11-5-12-20-52)62(61)54-21-13-6-14-22-54)51-31-37-59(38-32-51)63(57-33-27-48(28-34-57)46-15-7-3-8-16-46)58-35-29-49(30-36-58)47-17-9-4-10-18-47/h3-43H,1-2H3. The maximum atomic E-state index is 2.39. The zero-order valence-corrected chi connectivity index (χ0v) is 35.6. The topological polar surface area (TPSA) is 3.24 Å². The van der Waals surface area contributed by atoms with E-state index >= 15 is 0 Å². The summed E-state index contributed by atoms with van der Waals surface area (Å²) < 4.78 is 0. The molecule has 63 heavy (non-hydrogen) atoms. The molecule has 0 aliphatic carbocycles. The van der Waals surface area contributed by atoms with Crippen LogP contribution in [0.4, 0.5) is 17.1 Å². The van der Waals surface area contributed by atoms with Crippen LogP contribution in [0, 0.1) is 13.8 Å². The number of aryl methyl sites for hydroxylation is 2. The van der Waals surface area contributed by atoms with Gasteiger partial charge in [0.1, 0.15) is 0 Å². The summed E-state index contributed by atoms with van der Waals surface area (Å²) in [5.41, 5.74) is 22.6. The lowest BCUT2D eigenvalue weighted by Gasteiger charge is -2.26. The van der Waals surface area contributed by atoms with E-state index in [1.54, 1.807) is 0 Å². The second-order valence-electron chi connectivity index (χ2n) is 16.3. The summed E-state index contributed by atoms with van der Waals surface area (Å²) in [7, 11) is 0. The molecule has 0 bridgehead atoms. The van der Waals surface area contributed by atoms with Crippen molar-refractivity contribution < 1.29 is 0 Å². The third-order valence-electron chi connectivity index (χ3n) is 12.0. The number of rotatable bonds is 10. The minimum absolute atomic E-state index is 1.09. The molecular weight excluding hydrogens is 759 g/mol. The molecule has 0 atom stereocenters. The Morgan fingerprint density at radius 2 is 0.492 bits per heavy atom. The summed E-state index contributed by atoms with van der Waals surface area (Å²) in [5.74, 6) is 0. The van der Waals surface area contributed by atoms with Crippen molar-refractivity contribution in [1.29, 1.82) is 0 Å². The van der Waals surface area contributed by atoms with E-state index in [2.05, 4.69) is 267 Å². The molecular formula is C62H47N. The van der Waals surface area contributed by atoms with Crippen LogP contribution in [-0.4, -0.2) is 0 Å². The lowest BCUT2D eigenvalue weighted by Crippen LogP contribution is -2.09. The smallest absolute Gasteiger partial charge is 0.0462 e. The van der Waals surface area contributed by atoms with Crippen LogP contribution < -0.4 is 4.90 Å². The molecule has 0 amide bonds. The molecule has 0 saturated carbocycles. The highest BCUT2D eigenvalue weighted by atomic mass is 15.1. The maximum Gasteiger partial charge on any atom is 0.0462 e. The SMILES string of the molecule is Cc1cc(C)cc(-c2ccc(-c3cc(-c4ccc(N(c5ccc(-c6ccccc6)cc5)c5ccc(-c6ccccc6)cc5)cc4)cc(-c4ccccc4)c3-c3ccccc3)cc2)c1. The summed E-state index contributed by atoms with van der Waals surface area (Å²) >= 11 is 0. The molecule has 0 aromatic heterocycles. The predicted octanol–water partition coefficient (Wildman–Crippen LogP) is 17.4. The van der Waals surface area contributed by atoms with Gasteiger partial charge in [0.2, 0.25) is 0 Å². The molecule has 10 aromatic rings. The zero-order valence-electron chi connectivity index (χ0n) is 35.6. The van der Waals surface area contributed by atoms with E-state index < -0.39 is 0 Å². The monoisotopic (exact) mass is 805 g/mol. The third-order valence-corrected chi connectivity index (χ3v) is 12.0. The molecule has 0 aliphatic rings. The van der Waals surface area contributed by atoms with Gasteiger partial charge in [-0.3, -0.25) is 0 Å². The van der Waals surface area contributed by atoms with E-state index in [4.69, 9.17) is 0 Å². The van der Waals surface area contributed by atoms with Gasteiger partial charge in [0.05, 0.1) is 0 Å². The van der Waals surface area contributed by atoms with Crippen LogP contribution in [-0.2, 0) is 0 Å². The Kier molecular flexibility index (Phi) is 10.9. The van der Waals surface area contributed by atoms with Crippen molar-refractivity contribution in [2.24, 2.45) is 0 Å². The van der Waals surface area contributed by atoms with E-state index in [1.807, 2.05) is 0 Å². The average molecular weight is 806 g/mol. The molecule has 0 spiro atoms. The summed E-state index contributed by atoms with van der Waals surface area (Å²) in [6, 6.07) is 90.4. The van der Waals surface area contributed by atoms with Crippen molar-refractivity contribution in [3.63, 3.8) is 0 Å². The maximum absolute atomic E-state index is 2.39. The normalized spacial score (nSPS) is 11.0. The van der Waals surface area contributed by atoms with E-state index in [-0.39, 0.29) is 0 Å². The van der Waals surface area contributed by atoms with Crippen LogP contribution in [0.5, 0.6) is 0 Å². The van der Waals surface area contributed by atoms with Crippen molar-refractivity contribution in [1.82, 2.24) is 0 Å². The summed E-state index contributed by atoms with van der Waals surface area (Å²) in [6.07, 6.45) is 0. The van der Waals surface area contributed by atoms with Gasteiger partial charge in [-0.15, -0.1) is 0 Å². The number of hydrogen-bond donors (Lipinski definition) is 0. The highest BCUT2D eigenvalue weighted by molar-refractivity contribution is 5.98. The Morgan fingerprint density at radius 3 is 0.889 bits per heavy atom. The molecule has 300 valence electrons. The van der Waals surface area contributed by atoms with Gasteiger partial charge in [0.25, 0.3) is 0 Å². The minimum Gasteiger partial charge on any atom is -0.311 e. The lowest BCUT2D eigenvalue weighted by atomic mass is 9.84. The van der Waals surface area contributed by atoms with Gasteiger partial charge in [0.15, 0.2) is 0 Å².